The zero-order valence-corrected chi connectivity index (χ0v) is 12.4. The van der Waals surface area contributed by atoms with E-state index < -0.39 is 0 Å². The molecule has 98 valence electrons. The van der Waals surface area contributed by atoms with E-state index in [0.717, 1.165) is 10.0 Å². The Bertz CT molecular complexity index is 646. The summed E-state index contributed by atoms with van der Waals surface area (Å²) < 4.78 is 0.882. The number of anilines is 2. The molecule has 3 N–H and O–H groups in total. The van der Waals surface area contributed by atoms with Gasteiger partial charge in [0, 0.05) is 10.7 Å². The maximum Gasteiger partial charge on any atom is 0.258 e. The summed E-state index contributed by atoms with van der Waals surface area (Å²) in [5.74, 6) is 0.124. The van der Waals surface area contributed by atoms with Gasteiger partial charge in [-0.15, -0.1) is 0 Å². The van der Waals surface area contributed by atoms with E-state index in [1.165, 1.54) is 0 Å². The summed E-state index contributed by atoms with van der Waals surface area (Å²) >= 11 is 9.23. The molecule has 0 saturated heterocycles. The Morgan fingerprint density at radius 3 is 2.89 bits per heavy atom. The number of rotatable bonds is 2. The molecule has 19 heavy (non-hydrogen) atoms. The third kappa shape index (κ3) is 3.05. The number of pyridine rings is 1. The molecule has 2 aromatic rings. The van der Waals surface area contributed by atoms with Crippen LogP contribution in [0.25, 0.3) is 0 Å². The highest BCUT2D eigenvalue weighted by Crippen LogP contribution is 2.23. The molecule has 0 spiro atoms. The topological polar surface area (TPSA) is 68.0 Å². The first-order chi connectivity index (χ1) is 8.99. The molecule has 1 amide bonds. The first-order valence-electron chi connectivity index (χ1n) is 5.46. The zero-order valence-electron chi connectivity index (χ0n) is 10.1. The van der Waals surface area contributed by atoms with Crippen LogP contribution in [0.2, 0.25) is 5.02 Å². The van der Waals surface area contributed by atoms with Crippen molar-refractivity contribution in [3.05, 3.63) is 51.1 Å². The number of hydrogen-bond acceptors (Lipinski definition) is 3. The molecule has 0 bridgehead atoms. The third-order valence-corrected chi connectivity index (χ3v) is 3.75. The Morgan fingerprint density at radius 2 is 2.21 bits per heavy atom. The van der Waals surface area contributed by atoms with Crippen molar-refractivity contribution in [1.29, 1.82) is 0 Å². The predicted octanol–water partition coefficient (Wildman–Crippen LogP) is 3.64. The summed E-state index contributed by atoms with van der Waals surface area (Å²) in [5, 5.41) is 3.04. The molecule has 0 atom stereocenters. The van der Waals surface area contributed by atoms with Gasteiger partial charge in [0.1, 0.15) is 5.82 Å². The molecule has 1 aromatic carbocycles. The van der Waals surface area contributed by atoms with Crippen LogP contribution in [0.1, 0.15) is 15.9 Å². The molecule has 0 radical (unpaired) electrons. The average molecular weight is 341 g/mol. The highest BCUT2D eigenvalue weighted by Gasteiger charge is 2.12. The van der Waals surface area contributed by atoms with Crippen molar-refractivity contribution in [2.75, 3.05) is 11.1 Å². The minimum absolute atomic E-state index is 0.260. The zero-order chi connectivity index (χ0) is 14.0. The van der Waals surface area contributed by atoms with Crippen LogP contribution in [0.3, 0.4) is 0 Å². The summed E-state index contributed by atoms with van der Waals surface area (Å²) in [7, 11) is 0. The number of benzene rings is 1. The number of nitrogens with zero attached hydrogens (tertiary/aromatic N) is 1. The number of halogens is 2. The number of aromatic nitrogens is 1. The molecular formula is C13H11BrClN3O. The molecule has 1 heterocycles. The van der Waals surface area contributed by atoms with Gasteiger partial charge in [0.05, 0.1) is 16.3 Å². The predicted molar refractivity (Wildman–Crippen MR) is 80.5 cm³/mol. The van der Waals surface area contributed by atoms with Gasteiger partial charge in [0.2, 0.25) is 0 Å². The lowest BCUT2D eigenvalue weighted by Gasteiger charge is -2.08. The number of nitrogens with one attached hydrogen (secondary N) is 1. The molecule has 0 aliphatic rings. The van der Waals surface area contributed by atoms with E-state index in [0.29, 0.717) is 16.4 Å². The number of aryl methyl sites for hydroxylation is 1. The number of amides is 1. The number of carbonyl (C=O) groups is 1. The minimum atomic E-state index is -0.339. The van der Waals surface area contributed by atoms with Gasteiger partial charge in [-0.05, 0) is 46.6 Å². The van der Waals surface area contributed by atoms with Gasteiger partial charge in [0.25, 0.3) is 5.91 Å². The lowest BCUT2D eigenvalue weighted by molar-refractivity contribution is 0.102. The lowest BCUT2D eigenvalue weighted by atomic mass is 10.1. The van der Waals surface area contributed by atoms with E-state index in [1.54, 1.807) is 30.5 Å². The summed E-state index contributed by atoms with van der Waals surface area (Å²) in [4.78, 5) is 16.2. The summed E-state index contributed by atoms with van der Waals surface area (Å²) in [6.45, 7) is 1.91. The number of para-hydroxylation sites is 1. The fourth-order valence-corrected chi connectivity index (χ4v) is 1.92. The quantitative estimate of drug-likeness (QED) is 0.820. The van der Waals surface area contributed by atoms with Crippen molar-refractivity contribution >= 4 is 44.9 Å². The first-order valence-corrected chi connectivity index (χ1v) is 6.63. The maximum atomic E-state index is 12.1. The summed E-state index contributed by atoms with van der Waals surface area (Å²) in [6.07, 6.45) is 1.63. The van der Waals surface area contributed by atoms with Crippen LogP contribution < -0.4 is 11.1 Å². The van der Waals surface area contributed by atoms with Crippen LogP contribution in [-0.2, 0) is 0 Å². The van der Waals surface area contributed by atoms with Gasteiger partial charge in [0.15, 0.2) is 0 Å². The van der Waals surface area contributed by atoms with Gasteiger partial charge in [-0.2, -0.15) is 0 Å². The van der Waals surface area contributed by atoms with Crippen LogP contribution in [0, 0.1) is 6.92 Å². The van der Waals surface area contributed by atoms with Gasteiger partial charge in [-0.3, -0.25) is 4.79 Å². The van der Waals surface area contributed by atoms with E-state index in [-0.39, 0.29) is 11.6 Å². The Balaban J connectivity index is 2.26. The second-order valence-corrected chi connectivity index (χ2v) is 5.24. The van der Waals surface area contributed by atoms with E-state index in [4.69, 9.17) is 17.3 Å². The lowest BCUT2D eigenvalue weighted by Crippen LogP contribution is -2.15. The molecule has 4 nitrogen and oxygen atoms in total. The number of hydrogen-bond donors (Lipinski definition) is 2. The monoisotopic (exact) mass is 339 g/mol. The van der Waals surface area contributed by atoms with Gasteiger partial charge in [-0.1, -0.05) is 17.7 Å². The smallest absolute Gasteiger partial charge is 0.258 e. The highest BCUT2D eigenvalue weighted by molar-refractivity contribution is 9.10. The molecule has 0 saturated carbocycles. The number of nitrogen functional groups attached to an aromatic ring is 1. The van der Waals surface area contributed by atoms with E-state index in [1.807, 2.05) is 6.92 Å². The first kappa shape index (κ1) is 13.8. The number of nitrogens with two attached hydrogens (primary N) is 1. The van der Waals surface area contributed by atoms with E-state index in [2.05, 4.69) is 26.2 Å². The van der Waals surface area contributed by atoms with Crippen molar-refractivity contribution in [3.63, 3.8) is 0 Å². The Kier molecular flexibility index (Phi) is 4.07. The number of carbonyl (C=O) groups excluding carboxylic acids is 1. The maximum absolute atomic E-state index is 12.1. The van der Waals surface area contributed by atoms with E-state index >= 15 is 0 Å². The SMILES string of the molecule is Cc1cc(NC(=O)c2cccc(Cl)c2N)ncc1Br. The second kappa shape index (κ2) is 5.59. The van der Waals surface area contributed by atoms with Crippen LogP contribution in [-0.4, -0.2) is 10.9 Å². The fraction of sp³-hybridized carbons (Fsp3) is 0.0769. The van der Waals surface area contributed by atoms with Crippen molar-refractivity contribution in [2.45, 2.75) is 6.92 Å². The molecule has 1 aromatic heterocycles. The van der Waals surface area contributed by atoms with Crippen molar-refractivity contribution in [2.24, 2.45) is 0 Å². The van der Waals surface area contributed by atoms with Gasteiger partial charge >= 0.3 is 0 Å². The summed E-state index contributed by atoms with van der Waals surface area (Å²) in [6, 6.07) is 6.69. The fourth-order valence-electron chi connectivity index (χ4n) is 1.53. The minimum Gasteiger partial charge on any atom is -0.397 e. The van der Waals surface area contributed by atoms with Crippen LogP contribution in [0.15, 0.2) is 34.9 Å². The van der Waals surface area contributed by atoms with Gasteiger partial charge in [-0.25, -0.2) is 4.98 Å². The molecular weight excluding hydrogens is 330 g/mol. The molecule has 0 unspecified atom stereocenters. The summed E-state index contributed by atoms with van der Waals surface area (Å²) in [5.41, 5.74) is 7.34. The van der Waals surface area contributed by atoms with Gasteiger partial charge < -0.3 is 11.1 Å². The molecule has 2 rings (SSSR count). The normalized spacial score (nSPS) is 10.3. The van der Waals surface area contributed by atoms with Crippen molar-refractivity contribution < 1.29 is 4.79 Å². The largest absolute Gasteiger partial charge is 0.397 e. The van der Waals surface area contributed by atoms with Crippen LogP contribution >= 0.6 is 27.5 Å². The van der Waals surface area contributed by atoms with Crippen LogP contribution in [0.5, 0.6) is 0 Å². The molecule has 0 aliphatic heterocycles. The molecule has 0 fully saturated rings. The van der Waals surface area contributed by atoms with Crippen molar-refractivity contribution in [1.82, 2.24) is 4.98 Å². The molecule has 0 aliphatic carbocycles. The highest BCUT2D eigenvalue weighted by atomic mass is 79.9. The van der Waals surface area contributed by atoms with Crippen LogP contribution in [0.4, 0.5) is 11.5 Å². The molecule has 6 heteroatoms. The Hall–Kier alpha value is -1.59. The van der Waals surface area contributed by atoms with Crippen molar-refractivity contribution in [3.8, 4) is 0 Å². The Labute approximate surface area is 124 Å². The Morgan fingerprint density at radius 1 is 1.47 bits per heavy atom. The second-order valence-electron chi connectivity index (χ2n) is 3.97. The third-order valence-electron chi connectivity index (χ3n) is 2.59. The average Bonchev–Trinajstić information content (AvgIpc) is 2.37. The standard InChI is InChI=1S/C13H11BrClN3O/c1-7-5-11(17-6-9(7)14)18-13(19)8-3-2-4-10(15)12(8)16/h2-6H,16H2,1H3,(H,17,18,19). The van der Waals surface area contributed by atoms with E-state index in [9.17, 15) is 4.79 Å².